The molecule has 0 aromatic heterocycles. The van der Waals surface area contributed by atoms with Crippen molar-refractivity contribution in [2.24, 2.45) is 0 Å². The van der Waals surface area contributed by atoms with Gasteiger partial charge in [-0.25, -0.2) is 4.79 Å². The summed E-state index contributed by atoms with van der Waals surface area (Å²) in [7, 11) is 0. The van der Waals surface area contributed by atoms with Gasteiger partial charge in [-0.05, 0) is 19.1 Å². The van der Waals surface area contributed by atoms with Gasteiger partial charge in [-0.2, -0.15) is 0 Å². The Morgan fingerprint density at radius 2 is 1.83 bits per heavy atom. The largest absolute Gasteiger partial charge is 0.481 e. The zero-order valence-electron chi connectivity index (χ0n) is 10.0. The maximum absolute atomic E-state index is 11.2. The van der Waals surface area contributed by atoms with E-state index in [0.29, 0.717) is 5.69 Å². The molecule has 6 nitrogen and oxygen atoms in total. The van der Waals surface area contributed by atoms with Crippen LogP contribution in [0.5, 0.6) is 0 Å². The number of carboxylic acids is 2. The normalized spacial score (nSPS) is 13.6. The van der Waals surface area contributed by atoms with Crippen LogP contribution in [-0.4, -0.2) is 34.4 Å². The lowest BCUT2D eigenvalue weighted by Crippen LogP contribution is -2.56. The van der Waals surface area contributed by atoms with Crippen LogP contribution < -0.4 is 10.6 Å². The van der Waals surface area contributed by atoms with Crippen LogP contribution in [-0.2, 0) is 9.59 Å². The molecule has 0 aliphatic heterocycles. The molecule has 0 fully saturated rings. The van der Waals surface area contributed by atoms with Crippen LogP contribution in [0, 0.1) is 0 Å². The molecule has 1 aromatic rings. The van der Waals surface area contributed by atoms with Gasteiger partial charge in [-0.1, -0.05) is 18.2 Å². The van der Waals surface area contributed by atoms with Crippen molar-refractivity contribution in [2.45, 2.75) is 19.0 Å². The van der Waals surface area contributed by atoms with Crippen molar-refractivity contribution >= 4 is 17.6 Å². The Bertz CT molecular complexity index is 421. The number of hydrogen-bond donors (Lipinski definition) is 4. The standard InChI is InChI=1S/C12H16N2O4/c1-12(11(17)18,13-8-7-10(15)16)14-9-5-3-2-4-6-9/h2-6,13-14H,7-8H2,1H3,(H,15,16)(H,17,18). The molecule has 0 amide bonds. The number of aliphatic carboxylic acids is 2. The summed E-state index contributed by atoms with van der Waals surface area (Å²) in [5.74, 6) is -2.08. The molecule has 1 rings (SSSR count). The van der Waals surface area contributed by atoms with E-state index in [-0.39, 0.29) is 13.0 Å². The number of carbonyl (C=O) groups is 2. The van der Waals surface area contributed by atoms with Crippen molar-refractivity contribution < 1.29 is 19.8 Å². The highest BCUT2D eigenvalue weighted by molar-refractivity contribution is 5.81. The number of hydrogen-bond acceptors (Lipinski definition) is 4. The van der Waals surface area contributed by atoms with Gasteiger partial charge in [0, 0.05) is 12.2 Å². The second kappa shape index (κ2) is 6.02. The van der Waals surface area contributed by atoms with Crippen molar-refractivity contribution in [1.29, 1.82) is 0 Å². The van der Waals surface area contributed by atoms with E-state index in [4.69, 9.17) is 5.11 Å². The van der Waals surface area contributed by atoms with E-state index >= 15 is 0 Å². The molecule has 0 radical (unpaired) electrons. The Balaban J connectivity index is 2.68. The molecule has 0 saturated heterocycles. The number of para-hydroxylation sites is 1. The Labute approximate surface area is 105 Å². The molecule has 0 aliphatic rings. The molecule has 0 heterocycles. The summed E-state index contributed by atoms with van der Waals surface area (Å²) in [4.78, 5) is 21.6. The average Bonchev–Trinajstić information content (AvgIpc) is 2.29. The van der Waals surface area contributed by atoms with Gasteiger partial charge < -0.3 is 15.5 Å². The first kappa shape index (κ1) is 14.0. The zero-order chi connectivity index (χ0) is 13.6. The fourth-order valence-electron chi connectivity index (χ4n) is 1.40. The third-order valence-corrected chi connectivity index (χ3v) is 2.41. The zero-order valence-corrected chi connectivity index (χ0v) is 10.0. The highest BCUT2D eigenvalue weighted by Crippen LogP contribution is 2.13. The smallest absolute Gasteiger partial charge is 0.344 e. The molecule has 98 valence electrons. The predicted octanol–water partition coefficient (Wildman–Crippen LogP) is 0.964. The van der Waals surface area contributed by atoms with Crippen LogP contribution in [0.15, 0.2) is 30.3 Å². The molecule has 0 aliphatic carbocycles. The summed E-state index contributed by atoms with van der Waals surface area (Å²) in [6.07, 6.45) is -0.140. The van der Waals surface area contributed by atoms with Crippen molar-refractivity contribution in [3.63, 3.8) is 0 Å². The predicted molar refractivity (Wildman–Crippen MR) is 66.4 cm³/mol. The van der Waals surface area contributed by atoms with Gasteiger partial charge in [-0.15, -0.1) is 0 Å². The second-order valence-corrected chi connectivity index (χ2v) is 3.99. The van der Waals surface area contributed by atoms with Crippen LogP contribution in [0.2, 0.25) is 0 Å². The second-order valence-electron chi connectivity index (χ2n) is 3.99. The third kappa shape index (κ3) is 4.06. The molecule has 0 spiro atoms. The monoisotopic (exact) mass is 252 g/mol. The van der Waals surface area contributed by atoms with Crippen LogP contribution in [0.3, 0.4) is 0 Å². The number of benzene rings is 1. The molecule has 1 unspecified atom stereocenters. The highest BCUT2D eigenvalue weighted by atomic mass is 16.4. The molecule has 4 N–H and O–H groups in total. The highest BCUT2D eigenvalue weighted by Gasteiger charge is 2.32. The van der Waals surface area contributed by atoms with Gasteiger partial charge in [-0.3, -0.25) is 10.1 Å². The van der Waals surface area contributed by atoms with Crippen LogP contribution in [0.1, 0.15) is 13.3 Å². The van der Waals surface area contributed by atoms with Gasteiger partial charge in [0.25, 0.3) is 0 Å². The minimum absolute atomic E-state index is 0.0674. The lowest BCUT2D eigenvalue weighted by atomic mass is 10.1. The van der Waals surface area contributed by atoms with Crippen molar-refractivity contribution in [3.8, 4) is 0 Å². The first-order valence-electron chi connectivity index (χ1n) is 5.47. The molecule has 0 bridgehead atoms. The van der Waals surface area contributed by atoms with E-state index in [2.05, 4.69) is 10.6 Å². The summed E-state index contributed by atoms with van der Waals surface area (Å²) in [6, 6.07) is 8.85. The van der Waals surface area contributed by atoms with E-state index in [1.54, 1.807) is 24.3 Å². The number of rotatable bonds is 7. The van der Waals surface area contributed by atoms with E-state index in [0.717, 1.165) is 0 Å². The molecule has 18 heavy (non-hydrogen) atoms. The molecular formula is C12H16N2O4. The van der Waals surface area contributed by atoms with Crippen LogP contribution >= 0.6 is 0 Å². The summed E-state index contributed by atoms with van der Waals surface area (Å²) < 4.78 is 0. The fourth-order valence-corrected chi connectivity index (χ4v) is 1.40. The fraction of sp³-hybridized carbons (Fsp3) is 0.333. The average molecular weight is 252 g/mol. The number of nitrogens with one attached hydrogen (secondary N) is 2. The van der Waals surface area contributed by atoms with Crippen molar-refractivity contribution in [3.05, 3.63) is 30.3 Å². The SMILES string of the molecule is CC(NCCC(=O)O)(Nc1ccccc1)C(=O)O. The first-order chi connectivity index (χ1) is 8.44. The van der Waals surface area contributed by atoms with Gasteiger partial charge in [0.1, 0.15) is 0 Å². The maximum atomic E-state index is 11.2. The third-order valence-electron chi connectivity index (χ3n) is 2.41. The lowest BCUT2D eigenvalue weighted by molar-refractivity contribution is -0.143. The van der Waals surface area contributed by atoms with E-state index in [9.17, 15) is 14.7 Å². The van der Waals surface area contributed by atoms with E-state index in [1.165, 1.54) is 6.92 Å². The van der Waals surface area contributed by atoms with Gasteiger partial charge in [0.05, 0.1) is 6.42 Å². The van der Waals surface area contributed by atoms with E-state index < -0.39 is 17.6 Å². The van der Waals surface area contributed by atoms with Crippen molar-refractivity contribution in [1.82, 2.24) is 5.32 Å². The van der Waals surface area contributed by atoms with Crippen LogP contribution in [0.4, 0.5) is 5.69 Å². The summed E-state index contributed by atoms with van der Waals surface area (Å²) in [5, 5.41) is 23.2. The van der Waals surface area contributed by atoms with Gasteiger partial charge in [0.2, 0.25) is 0 Å². The Morgan fingerprint density at radius 3 is 2.33 bits per heavy atom. The minimum atomic E-state index is -1.41. The summed E-state index contributed by atoms with van der Waals surface area (Å²) >= 11 is 0. The van der Waals surface area contributed by atoms with Gasteiger partial charge >= 0.3 is 11.9 Å². The van der Waals surface area contributed by atoms with Gasteiger partial charge in [0.15, 0.2) is 5.66 Å². The minimum Gasteiger partial charge on any atom is -0.481 e. The van der Waals surface area contributed by atoms with Crippen LogP contribution in [0.25, 0.3) is 0 Å². The molecule has 1 atom stereocenters. The van der Waals surface area contributed by atoms with E-state index in [1.807, 2.05) is 6.07 Å². The summed E-state index contributed by atoms with van der Waals surface area (Å²) in [5.41, 5.74) is -0.762. The maximum Gasteiger partial charge on any atom is 0.344 e. The quantitative estimate of drug-likeness (QED) is 0.540. The summed E-state index contributed by atoms with van der Waals surface area (Å²) in [6.45, 7) is 1.52. The number of anilines is 1. The molecule has 6 heteroatoms. The molecular weight excluding hydrogens is 236 g/mol. The van der Waals surface area contributed by atoms with Crippen molar-refractivity contribution in [2.75, 3.05) is 11.9 Å². The first-order valence-corrected chi connectivity index (χ1v) is 5.47. The molecule has 1 aromatic carbocycles. The Morgan fingerprint density at radius 1 is 1.22 bits per heavy atom. The molecule has 0 saturated carbocycles. The Kier molecular flexibility index (Phi) is 4.67. The number of carboxylic acid groups (broad SMARTS) is 2. The lowest BCUT2D eigenvalue weighted by Gasteiger charge is -2.28. The topological polar surface area (TPSA) is 98.7 Å². The Hall–Kier alpha value is -2.08.